The minimum Gasteiger partial charge on any atom is -0.496 e. The van der Waals surface area contributed by atoms with Gasteiger partial charge >= 0.3 is 0 Å². The zero-order valence-corrected chi connectivity index (χ0v) is 17.1. The van der Waals surface area contributed by atoms with E-state index in [0.717, 1.165) is 24.9 Å². The lowest BCUT2D eigenvalue weighted by Crippen LogP contribution is -2.52. The Balaban J connectivity index is 1.21. The van der Waals surface area contributed by atoms with E-state index >= 15 is 0 Å². The summed E-state index contributed by atoms with van der Waals surface area (Å²) in [6, 6.07) is 20.0. The van der Waals surface area contributed by atoms with Crippen molar-refractivity contribution in [2.75, 3.05) is 46.4 Å². The van der Waals surface area contributed by atoms with Crippen molar-refractivity contribution in [3.63, 3.8) is 0 Å². The third kappa shape index (κ3) is 4.93. The van der Waals surface area contributed by atoms with Gasteiger partial charge in [0.05, 0.1) is 7.11 Å². The number of likely N-dealkylation sites (tertiary alicyclic amines) is 1. The van der Waals surface area contributed by atoms with Crippen LogP contribution in [-0.4, -0.2) is 67.1 Å². The van der Waals surface area contributed by atoms with Gasteiger partial charge in [0.15, 0.2) is 0 Å². The first-order valence-electron chi connectivity index (χ1n) is 10.7. The van der Waals surface area contributed by atoms with E-state index in [4.69, 9.17) is 4.74 Å². The number of nitrogens with zero attached hydrogens (tertiary/aromatic N) is 3. The molecule has 0 N–H and O–H groups in total. The predicted octanol–water partition coefficient (Wildman–Crippen LogP) is 3.48. The minimum absolute atomic E-state index is 0.757. The molecule has 0 aliphatic carbocycles. The molecule has 2 aromatic carbocycles. The van der Waals surface area contributed by atoms with Crippen LogP contribution in [0.15, 0.2) is 54.6 Å². The third-order valence-electron chi connectivity index (χ3n) is 6.32. The Morgan fingerprint density at radius 3 is 2.11 bits per heavy atom. The molecule has 2 aliphatic rings. The summed E-state index contributed by atoms with van der Waals surface area (Å²) < 4.78 is 5.52. The molecule has 28 heavy (non-hydrogen) atoms. The summed E-state index contributed by atoms with van der Waals surface area (Å²) in [5.41, 5.74) is 2.73. The summed E-state index contributed by atoms with van der Waals surface area (Å²) in [5.74, 6) is 1.01. The molecule has 150 valence electrons. The Morgan fingerprint density at radius 1 is 0.750 bits per heavy atom. The summed E-state index contributed by atoms with van der Waals surface area (Å²) >= 11 is 0. The van der Waals surface area contributed by atoms with Crippen molar-refractivity contribution in [1.82, 2.24) is 14.7 Å². The van der Waals surface area contributed by atoms with Gasteiger partial charge in [0.1, 0.15) is 5.75 Å². The highest BCUT2D eigenvalue weighted by atomic mass is 16.5. The van der Waals surface area contributed by atoms with E-state index in [9.17, 15) is 0 Å². The molecule has 0 atom stereocenters. The third-order valence-corrected chi connectivity index (χ3v) is 6.32. The molecule has 2 heterocycles. The van der Waals surface area contributed by atoms with Crippen LogP contribution in [0.1, 0.15) is 24.0 Å². The SMILES string of the molecule is COc1ccccc1CN1CCC(N2CCN(Cc3ccccc3)CC2)CC1. The van der Waals surface area contributed by atoms with E-state index in [2.05, 4.69) is 63.2 Å². The molecule has 2 saturated heterocycles. The monoisotopic (exact) mass is 379 g/mol. The van der Waals surface area contributed by atoms with Gasteiger partial charge in [-0.2, -0.15) is 0 Å². The van der Waals surface area contributed by atoms with Crippen molar-refractivity contribution in [3.05, 3.63) is 65.7 Å². The zero-order chi connectivity index (χ0) is 19.2. The fourth-order valence-electron chi connectivity index (χ4n) is 4.65. The van der Waals surface area contributed by atoms with Crippen LogP contribution in [0, 0.1) is 0 Å². The van der Waals surface area contributed by atoms with Crippen LogP contribution < -0.4 is 4.74 Å². The zero-order valence-electron chi connectivity index (χ0n) is 17.1. The Kier molecular flexibility index (Phi) is 6.63. The molecule has 0 amide bonds. The van der Waals surface area contributed by atoms with Crippen LogP contribution in [0.3, 0.4) is 0 Å². The Morgan fingerprint density at radius 2 is 1.39 bits per heavy atom. The molecule has 0 saturated carbocycles. The Hall–Kier alpha value is -1.88. The van der Waals surface area contributed by atoms with E-state index in [1.807, 2.05) is 6.07 Å². The van der Waals surface area contributed by atoms with E-state index in [0.29, 0.717) is 0 Å². The lowest BCUT2D eigenvalue weighted by Gasteiger charge is -2.43. The molecular weight excluding hydrogens is 346 g/mol. The van der Waals surface area contributed by atoms with Gasteiger partial charge in [-0.25, -0.2) is 0 Å². The van der Waals surface area contributed by atoms with Gasteiger partial charge in [-0.3, -0.25) is 14.7 Å². The second kappa shape index (κ2) is 9.55. The molecule has 2 aromatic rings. The van der Waals surface area contributed by atoms with Gasteiger partial charge in [0.25, 0.3) is 0 Å². The molecule has 2 fully saturated rings. The van der Waals surface area contributed by atoms with Crippen molar-refractivity contribution in [3.8, 4) is 5.75 Å². The van der Waals surface area contributed by atoms with Gasteiger partial charge in [-0.15, -0.1) is 0 Å². The number of benzene rings is 2. The maximum absolute atomic E-state index is 5.52. The second-order valence-corrected chi connectivity index (χ2v) is 8.12. The van der Waals surface area contributed by atoms with Crippen LogP contribution in [0.5, 0.6) is 5.75 Å². The highest BCUT2D eigenvalue weighted by Crippen LogP contribution is 2.23. The van der Waals surface area contributed by atoms with Gasteiger partial charge in [-0.1, -0.05) is 48.5 Å². The van der Waals surface area contributed by atoms with Crippen molar-refractivity contribution in [2.24, 2.45) is 0 Å². The number of ether oxygens (including phenoxy) is 1. The summed E-state index contributed by atoms with van der Waals surface area (Å²) in [6.45, 7) is 9.27. The maximum atomic E-state index is 5.52. The first-order chi connectivity index (χ1) is 13.8. The number of para-hydroxylation sites is 1. The van der Waals surface area contributed by atoms with Crippen molar-refractivity contribution in [2.45, 2.75) is 32.0 Å². The quantitative estimate of drug-likeness (QED) is 0.765. The lowest BCUT2D eigenvalue weighted by molar-refractivity contribution is 0.0548. The number of rotatable bonds is 6. The van der Waals surface area contributed by atoms with Crippen molar-refractivity contribution < 1.29 is 4.74 Å². The number of piperidine rings is 1. The summed E-state index contributed by atoms with van der Waals surface area (Å²) in [6.07, 6.45) is 2.57. The van der Waals surface area contributed by atoms with Crippen LogP contribution in [0.4, 0.5) is 0 Å². The van der Waals surface area contributed by atoms with E-state index in [1.165, 1.54) is 63.2 Å². The minimum atomic E-state index is 0.757. The smallest absolute Gasteiger partial charge is 0.123 e. The molecular formula is C24H33N3O. The van der Waals surface area contributed by atoms with Crippen molar-refractivity contribution in [1.29, 1.82) is 0 Å². The van der Waals surface area contributed by atoms with Gasteiger partial charge in [0, 0.05) is 50.9 Å². The Labute approximate surface area is 169 Å². The average Bonchev–Trinajstić information content (AvgIpc) is 2.76. The molecule has 0 bridgehead atoms. The average molecular weight is 380 g/mol. The van der Waals surface area contributed by atoms with Crippen LogP contribution in [0.2, 0.25) is 0 Å². The molecule has 4 heteroatoms. The normalized spacial score (nSPS) is 20.3. The molecule has 0 radical (unpaired) electrons. The maximum Gasteiger partial charge on any atom is 0.123 e. The van der Waals surface area contributed by atoms with Crippen LogP contribution >= 0.6 is 0 Å². The lowest BCUT2D eigenvalue weighted by atomic mass is 10.0. The van der Waals surface area contributed by atoms with E-state index in [-0.39, 0.29) is 0 Å². The highest BCUT2D eigenvalue weighted by molar-refractivity contribution is 5.33. The molecule has 4 nitrogen and oxygen atoms in total. The first kappa shape index (κ1) is 19.4. The van der Waals surface area contributed by atoms with Crippen LogP contribution in [0.25, 0.3) is 0 Å². The molecule has 0 aromatic heterocycles. The number of piperazine rings is 1. The van der Waals surface area contributed by atoms with E-state index < -0.39 is 0 Å². The van der Waals surface area contributed by atoms with Gasteiger partial charge < -0.3 is 4.74 Å². The topological polar surface area (TPSA) is 19.0 Å². The van der Waals surface area contributed by atoms with E-state index in [1.54, 1.807) is 7.11 Å². The standard InChI is InChI=1S/C24H33N3O/c1-28-24-10-6-5-9-22(24)20-25-13-11-23(12-14-25)27-17-15-26(16-18-27)19-21-7-3-2-4-8-21/h2-10,23H,11-20H2,1H3. The van der Waals surface area contributed by atoms with Gasteiger partial charge in [-0.05, 0) is 37.6 Å². The number of methoxy groups -OCH3 is 1. The summed E-state index contributed by atoms with van der Waals surface area (Å²) in [7, 11) is 1.77. The van der Waals surface area contributed by atoms with Crippen molar-refractivity contribution >= 4 is 0 Å². The fraction of sp³-hybridized carbons (Fsp3) is 0.500. The largest absolute Gasteiger partial charge is 0.496 e. The predicted molar refractivity (Wildman–Crippen MR) is 115 cm³/mol. The molecule has 2 aliphatic heterocycles. The number of hydrogen-bond donors (Lipinski definition) is 0. The van der Waals surface area contributed by atoms with Crippen LogP contribution in [-0.2, 0) is 13.1 Å². The first-order valence-corrected chi connectivity index (χ1v) is 10.7. The molecule has 4 rings (SSSR count). The second-order valence-electron chi connectivity index (χ2n) is 8.12. The summed E-state index contributed by atoms with van der Waals surface area (Å²) in [4.78, 5) is 7.92. The number of hydrogen-bond acceptors (Lipinski definition) is 4. The summed E-state index contributed by atoms with van der Waals surface area (Å²) in [5, 5.41) is 0. The fourth-order valence-corrected chi connectivity index (χ4v) is 4.65. The Bertz CT molecular complexity index is 720. The van der Waals surface area contributed by atoms with Gasteiger partial charge in [0.2, 0.25) is 0 Å². The molecule has 0 spiro atoms. The molecule has 0 unspecified atom stereocenters. The highest BCUT2D eigenvalue weighted by Gasteiger charge is 2.27.